The van der Waals surface area contributed by atoms with E-state index in [2.05, 4.69) is 39.1 Å². The highest BCUT2D eigenvalue weighted by molar-refractivity contribution is 5.25. The Bertz CT molecular complexity index is 264. The van der Waals surface area contributed by atoms with E-state index in [-0.39, 0.29) is 11.1 Å². The highest BCUT2D eigenvalue weighted by atomic mass is 16.6. The average Bonchev–Trinajstić information content (AvgIpc) is 2.74. The van der Waals surface area contributed by atoms with Gasteiger partial charge in [0, 0.05) is 5.54 Å². The molecule has 0 spiro atoms. The van der Waals surface area contributed by atoms with Crippen LogP contribution in [0.1, 0.15) is 27.7 Å². The summed E-state index contributed by atoms with van der Waals surface area (Å²) in [6, 6.07) is 0. The van der Waals surface area contributed by atoms with Crippen molar-refractivity contribution >= 4 is 0 Å². The summed E-state index contributed by atoms with van der Waals surface area (Å²) in [5.41, 5.74) is -0.0262. The molecule has 0 aromatic heterocycles. The van der Waals surface area contributed by atoms with Crippen molar-refractivity contribution in [1.82, 2.24) is 5.32 Å². The van der Waals surface area contributed by atoms with Gasteiger partial charge in [0.15, 0.2) is 0 Å². The lowest BCUT2D eigenvalue weighted by atomic mass is 10.1. The van der Waals surface area contributed by atoms with Crippen LogP contribution in [0.15, 0.2) is 11.8 Å². The van der Waals surface area contributed by atoms with Crippen molar-refractivity contribution in [1.29, 1.82) is 0 Å². The van der Waals surface area contributed by atoms with Crippen LogP contribution in [-0.4, -0.2) is 30.4 Å². The minimum absolute atomic E-state index is 0.0310. The topological polar surface area (TPSA) is 33.8 Å². The molecule has 14 heavy (non-hydrogen) atoms. The van der Waals surface area contributed by atoms with Crippen molar-refractivity contribution < 1.29 is 9.47 Å². The lowest BCUT2D eigenvalue weighted by molar-refractivity contribution is 0.148. The second-order valence-corrected chi connectivity index (χ2v) is 5.25. The number of rotatable bonds is 3. The van der Waals surface area contributed by atoms with E-state index < -0.39 is 0 Å². The first-order valence-corrected chi connectivity index (χ1v) is 5.16. The Hall–Kier alpha value is -0.540. The zero-order valence-corrected chi connectivity index (χ0v) is 9.39. The van der Waals surface area contributed by atoms with Crippen LogP contribution in [0.4, 0.5) is 0 Å². The van der Waals surface area contributed by atoms with Gasteiger partial charge in [-0.05, 0) is 33.8 Å². The zero-order valence-electron chi connectivity index (χ0n) is 9.39. The maximum absolute atomic E-state index is 5.75. The van der Waals surface area contributed by atoms with Gasteiger partial charge in [-0.2, -0.15) is 0 Å². The van der Waals surface area contributed by atoms with Gasteiger partial charge in [-0.1, -0.05) is 0 Å². The van der Waals surface area contributed by atoms with E-state index in [1.807, 2.05) is 0 Å². The largest absolute Gasteiger partial charge is 0.493 e. The molecule has 0 aromatic rings. The third-order valence-electron chi connectivity index (χ3n) is 2.57. The van der Waals surface area contributed by atoms with Gasteiger partial charge in [-0.3, -0.25) is 5.32 Å². The van der Waals surface area contributed by atoms with Gasteiger partial charge in [-0.25, -0.2) is 0 Å². The molecule has 0 aromatic carbocycles. The van der Waals surface area contributed by atoms with E-state index >= 15 is 0 Å². The molecule has 80 valence electrons. The van der Waals surface area contributed by atoms with Crippen LogP contribution >= 0.6 is 0 Å². The minimum atomic E-state index is -0.0572. The number of epoxide rings is 1. The van der Waals surface area contributed by atoms with Crippen molar-refractivity contribution in [3.63, 3.8) is 0 Å². The first-order chi connectivity index (χ1) is 6.39. The molecule has 2 heterocycles. The summed E-state index contributed by atoms with van der Waals surface area (Å²) in [4.78, 5) is 0. The molecule has 0 saturated carbocycles. The second kappa shape index (κ2) is 2.97. The Labute approximate surface area is 85.5 Å². The van der Waals surface area contributed by atoms with Gasteiger partial charge in [0.2, 0.25) is 0 Å². The van der Waals surface area contributed by atoms with Crippen LogP contribution in [0.2, 0.25) is 0 Å². The van der Waals surface area contributed by atoms with Gasteiger partial charge >= 0.3 is 0 Å². The zero-order chi connectivity index (χ0) is 10.4. The lowest BCUT2D eigenvalue weighted by Gasteiger charge is -2.27. The molecule has 1 fully saturated rings. The highest BCUT2D eigenvalue weighted by Crippen LogP contribution is 2.30. The molecule has 1 N–H and O–H groups in total. The Morgan fingerprint density at radius 3 is 2.57 bits per heavy atom. The van der Waals surface area contributed by atoms with Crippen molar-refractivity contribution in [2.45, 2.75) is 44.9 Å². The number of hydrogen-bond acceptors (Lipinski definition) is 3. The monoisotopic (exact) mass is 197 g/mol. The van der Waals surface area contributed by atoms with E-state index in [1.54, 1.807) is 0 Å². The molecule has 1 atom stereocenters. The average molecular weight is 197 g/mol. The van der Waals surface area contributed by atoms with Crippen LogP contribution in [-0.2, 0) is 9.47 Å². The molecular weight excluding hydrogens is 178 g/mol. The van der Waals surface area contributed by atoms with E-state index in [9.17, 15) is 0 Å². The van der Waals surface area contributed by atoms with E-state index in [1.165, 1.54) is 0 Å². The van der Waals surface area contributed by atoms with Crippen molar-refractivity contribution in [2.75, 3.05) is 13.2 Å². The lowest BCUT2D eigenvalue weighted by Crippen LogP contribution is -2.46. The molecule has 3 nitrogen and oxygen atoms in total. The van der Waals surface area contributed by atoms with Gasteiger partial charge in [0.25, 0.3) is 0 Å². The third kappa shape index (κ3) is 2.10. The first kappa shape index (κ1) is 9.99. The fourth-order valence-electron chi connectivity index (χ4n) is 1.98. The van der Waals surface area contributed by atoms with Crippen molar-refractivity contribution in [3.05, 3.63) is 11.8 Å². The molecule has 0 radical (unpaired) electrons. The quantitative estimate of drug-likeness (QED) is 0.695. The van der Waals surface area contributed by atoms with Gasteiger partial charge in [0.1, 0.15) is 18.5 Å². The van der Waals surface area contributed by atoms with Crippen LogP contribution < -0.4 is 5.32 Å². The smallest absolute Gasteiger partial charge is 0.116 e. The summed E-state index contributed by atoms with van der Waals surface area (Å²) in [5, 5.41) is 3.51. The molecule has 3 heteroatoms. The molecule has 1 unspecified atom stereocenters. The van der Waals surface area contributed by atoms with Crippen LogP contribution in [0.25, 0.3) is 0 Å². The summed E-state index contributed by atoms with van der Waals surface area (Å²) in [7, 11) is 0. The Morgan fingerprint density at radius 1 is 1.50 bits per heavy atom. The van der Waals surface area contributed by atoms with Crippen LogP contribution in [0, 0.1) is 0 Å². The molecule has 0 aliphatic carbocycles. The predicted molar refractivity (Wildman–Crippen MR) is 55.1 cm³/mol. The molecule has 0 amide bonds. The SMILES string of the molecule is CC1(C)C=C(OCC2CO2)C(C)(C)N1. The number of nitrogens with one attached hydrogen (secondary N) is 1. The van der Waals surface area contributed by atoms with Gasteiger partial charge in [0.05, 0.1) is 12.1 Å². The van der Waals surface area contributed by atoms with E-state index in [4.69, 9.17) is 9.47 Å². The summed E-state index contributed by atoms with van der Waals surface area (Å²) < 4.78 is 10.9. The maximum atomic E-state index is 5.75. The normalized spacial score (nSPS) is 32.6. The summed E-state index contributed by atoms with van der Waals surface area (Å²) in [5.74, 6) is 1.04. The Balaban J connectivity index is 1.99. The third-order valence-corrected chi connectivity index (χ3v) is 2.57. The Kier molecular flexibility index (Phi) is 2.12. The maximum Gasteiger partial charge on any atom is 0.116 e. The first-order valence-electron chi connectivity index (χ1n) is 5.16. The van der Waals surface area contributed by atoms with Crippen molar-refractivity contribution in [2.24, 2.45) is 0 Å². The fourth-order valence-corrected chi connectivity index (χ4v) is 1.98. The van der Waals surface area contributed by atoms with E-state index in [0.717, 1.165) is 12.4 Å². The van der Waals surface area contributed by atoms with Crippen LogP contribution in [0.3, 0.4) is 0 Å². The second-order valence-electron chi connectivity index (χ2n) is 5.25. The summed E-state index contributed by atoms with van der Waals surface area (Å²) >= 11 is 0. The molecule has 2 aliphatic rings. The molecule has 1 saturated heterocycles. The molecule has 0 bridgehead atoms. The summed E-state index contributed by atoms with van der Waals surface area (Å²) in [6.07, 6.45) is 2.49. The molecular formula is C11H19NO2. The highest BCUT2D eigenvalue weighted by Gasteiger charge is 2.39. The van der Waals surface area contributed by atoms with Gasteiger partial charge in [-0.15, -0.1) is 0 Å². The predicted octanol–water partition coefficient (Wildman–Crippen LogP) is 1.45. The number of hydrogen-bond donors (Lipinski definition) is 1. The van der Waals surface area contributed by atoms with Gasteiger partial charge < -0.3 is 9.47 Å². The molecule has 2 rings (SSSR count). The number of ether oxygens (including phenoxy) is 2. The van der Waals surface area contributed by atoms with Crippen molar-refractivity contribution in [3.8, 4) is 0 Å². The van der Waals surface area contributed by atoms with Crippen LogP contribution in [0.5, 0.6) is 0 Å². The standard InChI is InChI=1S/C11H19NO2/c1-10(2)5-9(11(3,4)12-10)14-7-8-6-13-8/h5,8,12H,6-7H2,1-4H3. The fraction of sp³-hybridized carbons (Fsp3) is 0.818. The Morgan fingerprint density at radius 2 is 2.14 bits per heavy atom. The summed E-state index contributed by atoms with van der Waals surface area (Å²) in [6.45, 7) is 10.1. The minimum Gasteiger partial charge on any atom is -0.493 e. The van der Waals surface area contributed by atoms with E-state index in [0.29, 0.717) is 12.7 Å². The molecule has 2 aliphatic heterocycles.